The van der Waals surface area contributed by atoms with Crippen molar-refractivity contribution < 1.29 is 18.3 Å². The Morgan fingerprint density at radius 1 is 1.65 bits per heavy atom. The monoisotopic (exact) mass is 356 g/mol. The fraction of sp³-hybridized carbons (Fsp3) is 0.400. The van der Waals surface area contributed by atoms with Crippen molar-refractivity contribution in [1.29, 1.82) is 0 Å². The number of nitrogens with zero attached hydrogens (tertiary/aromatic N) is 1. The number of rotatable bonds is 4. The molecule has 1 heterocycles. The summed E-state index contributed by atoms with van der Waals surface area (Å²) in [5, 5.41) is 0. The van der Waals surface area contributed by atoms with Crippen LogP contribution in [0.2, 0.25) is 0 Å². The van der Waals surface area contributed by atoms with Crippen molar-refractivity contribution in [3.8, 4) is 0 Å². The van der Waals surface area contributed by atoms with Gasteiger partial charge in [-0.1, -0.05) is 0 Å². The van der Waals surface area contributed by atoms with Crippen LogP contribution >= 0.6 is 22.6 Å². The largest absolute Gasteiger partial charge is 0.461 e. The molecule has 0 unspecified atom stereocenters. The molecule has 4 nitrogen and oxygen atoms in total. The van der Waals surface area contributed by atoms with Crippen molar-refractivity contribution in [3.63, 3.8) is 0 Å². The average Bonchev–Trinajstić information content (AvgIpc) is 2.29. The van der Waals surface area contributed by atoms with Crippen LogP contribution in [0, 0.1) is 3.57 Å². The number of carbonyl (C=O) groups is 1. The van der Waals surface area contributed by atoms with E-state index >= 15 is 0 Å². The summed E-state index contributed by atoms with van der Waals surface area (Å²) in [4.78, 5) is 15.0. The maximum atomic E-state index is 12.7. The van der Waals surface area contributed by atoms with E-state index in [1.54, 1.807) is 29.5 Å². The van der Waals surface area contributed by atoms with Crippen molar-refractivity contribution in [2.24, 2.45) is 5.73 Å². The van der Waals surface area contributed by atoms with Crippen LogP contribution in [0.3, 0.4) is 0 Å². The number of alkyl halides is 2. The third kappa shape index (κ3) is 3.32. The molecule has 0 aliphatic heterocycles. The molecule has 0 aliphatic carbocycles. The van der Waals surface area contributed by atoms with Gasteiger partial charge in [-0.3, -0.25) is 0 Å². The first-order chi connectivity index (χ1) is 8.01. The average molecular weight is 356 g/mol. The second-order valence-corrected chi connectivity index (χ2v) is 4.17. The molecule has 0 aliphatic rings. The highest BCUT2D eigenvalue weighted by molar-refractivity contribution is 14.1. The number of esters is 1. The minimum atomic E-state index is -2.75. The van der Waals surface area contributed by atoms with Gasteiger partial charge in [0.15, 0.2) is 0 Å². The van der Waals surface area contributed by atoms with Gasteiger partial charge in [-0.25, -0.2) is 18.6 Å². The van der Waals surface area contributed by atoms with Crippen LogP contribution in [-0.2, 0) is 11.3 Å². The van der Waals surface area contributed by atoms with Gasteiger partial charge in [0.2, 0.25) is 0 Å². The van der Waals surface area contributed by atoms with Crippen LogP contribution in [0.1, 0.15) is 35.1 Å². The number of carbonyl (C=O) groups excluding carboxylic acids is 1. The quantitative estimate of drug-likeness (QED) is 0.664. The summed E-state index contributed by atoms with van der Waals surface area (Å²) in [5.41, 5.74) is 5.32. The predicted octanol–water partition coefficient (Wildman–Crippen LogP) is 2.26. The second kappa shape index (κ2) is 6.20. The molecule has 0 saturated heterocycles. The zero-order valence-electron chi connectivity index (χ0n) is 9.04. The minimum absolute atomic E-state index is 0.0624. The summed E-state index contributed by atoms with van der Waals surface area (Å²) in [5.74, 6) is -0.722. The summed E-state index contributed by atoms with van der Waals surface area (Å²) in [6, 6.07) is 1.38. The molecule has 0 radical (unpaired) electrons. The Morgan fingerprint density at radius 3 is 2.76 bits per heavy atom. The van der Waals surface area contributed by atoms with Gasteiger partial charge < -0.3 is 10.5 Å². The topological polar surface area (TPSA) is 65.2 Å². The van der Waals surface area contributed by atoms with Crippen LogP contribution in [0.25, 0.3) is 0 Å². The van der Waals surface area contributed by atoms with Gasteiger partial charge in [0.25, 0.3) is 6.43 Å². The molecule has 1 aromatic heterocycles. The van der Waals surface area contributed by atoms with Gasteiger partial charge in [-0.05, 0) is 41.1 Å². The van der Waals surface area contributed by atoms with Crippen molar-refractivity contribution in [3.05, 3.63) is 26.6 Å². The van der Waals surface area contributed by atoms with Crippen molar-refractivity contribution >= 4 is 28.6 Å². The normalized spacial score (nSPS) is 10.7. The van der Waals surface area contributed by atoms with E-state index in [1.165, 1.54) is 6.07 Å². The number of hydrogen-bond acceptors (Lipinski definition) is 4. The summed E-state index contributed by atoms with van der Waals surface area (Å²) in [7, 11) is 0. The first kappa shape index (κ1) is 14.2. The lowest BCUT2D eigenvalue weighted by Crippen LogP contribution is -2.13. The van der Waals surface area contributed by atoms with Crippen LogP contribution in [0.5, 0.6) is 0 Å². The Bertz CT molecular complexity index is 427. The van der Waals surface area contributed by atoms with Crippen molar-refractivity contribution in [2.45, 2.75) is 19.9 Å². The molecule has 7 heteroatoms. The molecule has 2 N–H and O–H groups in total. The maximum Gasteiger partial charge on any atom is 0.356 e. The number of hydrogen-bond donors (Lipinski definition) is 1. The Hall–Kier alpha value is -0.830. The summed E-state index contributed by atoms with van der Waals surface area (Å²) in [6.07, 6.45) is -2.75. The Balaban J connectivity index is 3.25. The zero-order chi connectivity index (χ0) is 13.0. The maximum absolute atomic E-state index is 12.7. The summed E-state index contributed by atoms with van der Waals surface area (Å²) < 4.78 is 30.4. The Labute approximate surface area is 111 Å². The molecule has 0 aromatic carbocycles. The first-order valence-corrected chi connectivity index (χ1v) is 5.93. The molecule has 94 valence electrons. The standard InChI is InChI=1S/C10H11F2IN2O2/c1-2-17-10(16)6-3-5(4-14)7(13)8(15-6)9(11)12/h3,9H,2,4,14H2,1H3. The molecular weight excluding hydrogens is 345 g/mol. The number of nitrogens with two attached hydrogens (primary N) is 1. The fourth-order valence-electron chi connectivity index (χ4n) is 1.21. The number of halogens is 3. The molecule has 1 rings (SSSR count). The van der Waals surface area contributed by atoms with E-state index in [4.69, 9.17) is 10.5 Å². The zero-order valence-corrected chi connectivity index (χ0v) is 11.2. The third-order valence-corrected chi connectivity index (χ3v) is 3.22. The van der Waals surface area contributed by atoms with Gasteiger partial charge in [0.1, 0.15) is 11.4 Å². The highest BCUT2D eigenvalue weighted by atomic mass is 127. The molecule has 0 bridgehead atoms. The van der Waals surface area contributed by atoms with E-state index < -0.39 is 18.1 Å². The van der Waals surface area contributed by atoms with E-state index in [1.807, 2.05) is 0 Å². The lowest BCUT2D eigenvalue weighted by atomic mass is 10.2. The number of aromatic nitrogens is 1. The van der Waals surface area contributed by atoms with E-state index in [9.17, 15) is 13.6 Å². The first-order valence-electron chi connectivity index (χ1n) is 4.85. The lowest BCUT2D eigenvalue weighted by molar-refractivity contribution is 0.0517. The highest BCUT2D eigenvalue weighted by Gasteiger charge is 2.20. The summed E-state index contributed by atoms with van der Waals surface area (Å²) in [6.45, 7) is 1.85. The molecule has 0 saturated carbocycles. The summed E-state index contributed by atoms with van der Waals surface area (Å²) >= 11 is 1.74. The number of ether oxygens (including phenoxy) is 1. The third-order valence-electron chi connectivity index (χ3n) is 1.97. The van der Waals surface area contributed by atoms with Gasteiger partial charge >= 0.3 is 5.97 Å². The van der Waals surface area contributed by atoms with Crippen LogP contribution in [0.4, 0.5) is 8.78 Å². The molecule has 0 amide bonds. The van der Waals surface area contributed by atoms with Gasteiger partial charge in [0.05, 0.1) is 6.61 Å². The fourth-order valence-corrected chi connectivity index (χ4v) is 1.94. The minimum Gasteiger partial charge on any atom is -0.461 e. The number of pyridine rings is 1. The van der Waals surface area contributed by atoms with Gasteiger partial charge in [-0.2, -0.15) is 0 Å². The smallest absolute Gasteiger partial charge is 0.356 e. The highest BCUT2D eigenvalue weighted by Crippen LogP contribution is 2.26. The molecule has 0 atom stereocenters. The lowest BCUT2D eigenvalue weighted by Gasteiger charge is -2.10. The van der Waals surface area contributed by atoms with E-state index in [0.29, 0.717) is 5.56 Å². The van der Waals surface area contributed by atoms with Crippen LogP contribution in [-0.4, -0.2) is 17.6 Å². The Morgan fingerprint density at radius 2 is 2.29 bits per heavy atom. The van der Waals surface area contributed by atoms with E-state index in [2.05, 4.69) is 4.98 Å². The molecule has 17 heavy (non-hydrogen) atoms. The molecule has 0 spiro atoms. The van der Waals surface area contributed by atoms with Crippen molar-refractivity contribution in [1.82, 2.24) is 4.98 Å². The molecule has 0 fully saturated rings. The SMILES string of the molecule is CCOC(=O)c1cc(CN)c(I)c(C(F)F)n1. The van der Waals surface area contributed by atoms with Gasteiger partial charge in [-0.15, -0.1) is 0 Å². The van der Waals surface area contributed by atoms with Crippen LogP contribution in [0.15, 0.2) is 6.07 Å². The predicted molar refractivity (Wildman–Crippen MR) is 65.8 cm³/mol. The Kier molecular flexibility index (Phi) is 5.19. The molecular formula is C10H11F2IN2O2. The van der Waals surface area contributed by atoms with E-state index in [0.717, 1.165) is 0 Å². The van der Waals surface area contributed by atoms with Crippen LogP contribution < -0.4 is 5.73 Å². The van der Waals surface area contributed by atoms with Crippen molar-refractivity contribution in [2.75, 3.05) is 6.61 Å². The molecule has 1 aromatic rings. The second-order valence-electron chi connectivity index (χ2n) is 3.09. The van der Waals surface area contributed by atoms with Gasteiger partial charge in [0, 0.05) is 10.1 Å². The van der Waals surface area contributed by atoms with E-state index in [-0.39, 0.29) is 22.4 Å².